The van der Waals surface area contributed by atoms with Crippen molar-refractivity contribution in [2.45, 2.75) is 12.7 Å². The van der Waals surface area contributed by atoms with Gasteiger partial charge in [-0.3, -0.25) is 10.1 Å². The molecule has 1 amide bonds. The van der Waals surface area contributed by atoms with Gasteiger partial charge in [0, 0.05) is 34.2 Å². The summed E-state index contributed by atoms with van der Waals surface area (Å²) in [6, 6.07) is 16.7. The standard InChI is InChI=1S/C22H13ClF3N5OS/c23-16-7-5-13(6-8-16)11-31-12-15(17-3-1-2-4-18(17)31)9-14(10-27)19(32)28-21-30-29-20(33-21)22(24,25)26/h1-9,12H,11H2,(H,28,30,32)/b14-9-. The van der Waals surface area contributed by atoms with E-state index in [1.165, 1.54) is 6.08 Å². The van der Waals surface area contributed by atoms with Crippen molar-refractivity contribution in [3.05, 3.63) is 81.5 Å². The molecule has 0 radical (unpaired) electrons. The monoisotopic (exact) mass is 487 g/mol. The summed E-state index contributed by atoms with van der Waals surface area (Å²) < 4.78 is 40.1. The maximum Gasteiger partial charge on any atom is 0.445 e. The summed E-state index contributed by atoms with van der Waals surface area (Å²) in [4.78, 5) is 12.5. The summed E-state index contributed by atoms with van der Waals surface area (Å²) >= 11 is 6.13. The molecule has 0 saturated carbocycles. The first-order valence-corrected chi connectivity index (χ1v) is 10.6. The number of halogens is 4. The number of para-hydroxylation sites is 1. The molecule has 33 heavy (non-hydrogen) atoms. The Labute approximate surface area is 194 Å². The van der Waals surface area contributed by atoms with Gasteiger partial charge in [-0.2, -0.15) is 18.4 Å². The molecule has 0 unspecified atom stereocenters. The van der Waals surface area contributed by atoms with Crippen molar-refractivity contribution in [3.8, 4) is 6.07 Å². The summed E-state index contributed by atoms with van der Waals surface area (Å²) in [5.74, 6) is -0.878. The third kappa shape index (κ3) is 5.05. The third-order valence-electron chi connectivity index (χ3n) is 4.64. The molecule has 0 spiro atoms. The predicted octanol–water partition coefficient (Wildman–Crippen LogP) is 5.76. The van der Waals surface area contributed by atoms with Crippen molar-refractivity contribution < 1.29 is 18.0 Å². The van der Waals surface area contributed by atoms with Crippen LogP contribution in [0.1, 0.15) is 16.1 Å². The molecule has 4 aromatic rings. The zero-order chi connectivity index (χ0) is 23.6. The molecule has 1 N–H and O–H groups in total. The Morgan fingerprint density at radius 2 is 1.91 bits per heavy atom. The zero-order valence-electron chi connectivity index (χ0n) is 16.6. The molecule has 6 nitrogen and oxygen atoms in total. The van der Waals surface area contributed by atoms with Crippen LogP contribution in [0.15, 0.2) is 60.3 Å². The van der Waals surface area contributed by atoms with Crippen LogP contribution in [0.25, 0.3) is 17.0 Å². The minimum Gasteiger partial charge on any atom is -0.342 e. The molecule has 0 aliphatic heterocycles. The fourth-order valence-electron chi connectivity index (χ4n) is 3.16. The Kier molecular flexibility index (Phi) is 6.18. The van der Waals surface area contributed by atoms with Gasteiger partial charge in [0.2, 0.25) is 10.1 Å². The van der Waals surface area contributed by atoms with Gasteiger partial charge in [0.05, 0.1) is 0 Å². The number of benzene rings is 2. The SMILES string of the molecule is N#C/C(=C/c1cn(Cc2ccc(Cl)cc2)c2ccccc12)C(=O)Nc1nnc(C(F)(F)F)s1. The van der Waals surface area contributed by atoms with Gasteiger partial charge in [-0.05, 0) is 29.8 Å². The van der Waals surface area contributed by atoms with Crippen LogP contribution in [-0.2, 0) is 17.5 Å². The molecule has 166 valence electrons. The first-order valence-electron chi connectivity index (χ1n) is 9.41. The van der Waals surface area contributed by atoms with E-state index >= 15 is 0 Å². The Hall–Kier alpha value is -3.68. The fourth-order valence-corrected chi connectivity index (χ4v) is 3.90. The summed E-state index contributed by atoms with van der Waals surface area (Å²) in [6.45, 7) is 0.532. The van der Waals surface area contributed by atoms with Crippen LogP contribution in [0.5, 0.6) is 0 Å². The van der Waals surface area contributed by atoms with E-state index in [0.29, 0.717) is 17.1 Å². The number of fused-ring (bicyclic) bond motifs is 1. The van der Waals surface area contributed by atoms with E-state index in [9.17, 15) is 23.2 Å². The Morgan fingerprint density at radius 1 is 1.18 bits per heavy atom. The number of nitrogens with zero attached hydrogens (tertiary/aromatic N) is 4. The zero-order valence-corrected chi connectivity index (χ0v) is 18.2. The number of hydrogen-bond acceptors (Lipinski definition) is 5. The average molecular weight is 488 g/mol. The second-order valence-electron chi connectivity index (χ2n) is 6.89. The van der Waals surface area contributed by atoms with Crippen molar-refractivity contribution >= 4 is 51.0 Å². The van der Waals surface area contributed by atoms with E-state index in [1.807, 2.05) is 41.0 Å². The number of amides is 1. The van der Waals surface area contributed by atoms with E-state index in [2.05, 4.69) is 15.5 Å². The molecule has 2 aromatic carbocycles. The lowest BCUT2D eigenvalue weighted by Gasteiger charge is -2.05. The molecule has 0 bridgehead atoms. The first-order chi connectivity index (χ1) is 15.7. The van der Waals surface area contributed by atoms with Crippen molar-refractivity contribution in [2.75, 3.05) is 5.32 Å². The first kappa shape index (κ1) is 22.5. The van der Waals surface area contributed by atoms with Crippen LogP contribution >= 0.6 is 22.9 Å². The molecule has 0 aliphatic carbocycles. The maximum atomic E-state index is 12.7. The van der Waals surface area contributed by atoms with Crippen LogP contribution < -0.4 is 5.32 Å². The highest BCUT2D eigenvalue weighted by atomic mass is 35.5. The van der Waals surface area contributed by atoms with Crippen LogP contribution in [0, 0.1) is 11.3 Å². The largest absolute Gasteiger partial charge is 0.445 e. The summed E-state index contributed by atoms with van der Waals surface area (Å²) in [6.07, 6.45) is -1.47. The van der Waals surface area contributed by atoms with Gasteiger partial charge in [-0.1, -0.05) is 53.3 Å². The number of hydrogen-bond donors (Lipinski definition) is 1. The molecule has 0 saturated heterocycles. The molecule has 2 aromatic heterocycles. The number of aromatic nitrogens is 3. The van der Waals surface area contributed by atoms with Crippen molar-refractivity contribution in [3.63, 3.8) is 0 Å². The van der Waals surface area contributed by atoms with Crippen molar-refractivity contribution in [1.29, 1.82) is 5.26 Å². The summed E-state index contributed by atoms with van der Waals surface area (Å²) in [5, 5.41) is 17.9. The quantitative estimate of drug-likeness (QED) is 0.286. The minimum absolute atomic E-state index is 0.182. The predicted molar refractivity (Wildman–Crippen MR) is 120 cm³/mol. The lowest BCUT2D eigenvalue weighted by molar-refractivity contribution is -0.138. The highest BCUT2D eigenvalue weighted by Gasteiger charge is 2.35. The van der Waals surface area contributed by atoms with Gasteiger partial charge in [-0.15, -0.1) is 10.2 Å². The Morgan fingerprint density at radius 3 is 2.58 bits per heavy atom. The second-order valence-corrected chi connectivity index (χ2v) is 8.30. The number of nitrogens with one attached hydrogen (secondary N) is 1. The Balaban J connectivity index is 1.63. The van der Waals surface area contributed by atoms with E-state index in [-0.39, 0.29) is 22.0 Å². The smallest absolute Gasteiger partial charge is 0.342 e. The van der Waals surface area contributed by atoms with Crippen LogP contribution in [0.2, 0.25) is 5.02 Å². The van der Waals surface area contributed by atoms with Gasteiger partial charge < -0.3 is 4.57 Å². The topological polar surface area (TPSA) is 83.6 Å². The number of rotatable bonds is 5. The third-order valence-corrected chi connectivity index (χ3v) is 5.77. The maximum absolute atomic E-state index is 12.7. The molecule has 0 fully saturated rings. The molecule has 0 aliphatic rings. The molecule has 0 atom stereocenters. The van der Waals surface area contributed by atoms with E-state index < -0.39 is 17.1 Å². The van der Waals surface area contributed by atoms with Crippen molar-refractivity contribution in [2.24, 2.45) is 0 Å². The lowest BCUT2D eigenvalue weighted by atomic mass is 10.1. The second kappa shape index (κ2) is 9.05. The summed E-state index contributed by atoms with van der Waals surface area (Å²) in [7, 11) is 0. The Bertz CT molecular complexity index is 1400. The van der Waals surface area contributed by atoms with E-state index in [1.54, 1.807) is 24.4 Å². The fraction of sp³-hybridized carbons (Fsp3) is 0.0909. The average Bonchev–Trinajstić information content (AvgIpc) is 3.39. The van der Waals surface area contributed by atoms with Gasteiger partial charge in [0.15, 0.2) is 0 Å². The number of nitriles is 1. The van der Waals surface area contributed by atoms with Gasteiger partial charge >= 0.3 is 6.18 Å². The van der Waals surface area contributed by atoms with Crippen LogP contribution in [0.4, 0.5) is 18.3 Å². The number of carbonyl (C=O) groups excluding carboxylic acids is 1. The number of anilines is 1. The van der Waals surface area contributed by atoms with Gasteiger partial charge in [0.1, 0.15) is 11.6 Å². The molecule has 11 heteroatoms. The summed E-state index contributed by atoms with van der Waals surface area (Å²) in [5.41, 5.74) is 2.22. The van der Waals surface area contributed by atoms with E-state index in [4.69, 9.17) is 11.6 Å². The normalized spacial score (nSPS) is 12.0. The van der Waals surface area contributed by atoms with Crippen LogP contribution in [-0.4, -0.2) is 20.7 Å². The van der Waals surface area contributed by atoms with Crippen LogP contribution in [0.3, 0.4) is 0 Å². The number of alkyl halides is 3. The van der Waals surface area contributed by atoms with E-state index in [0.717, 1.165) is 16.5 Å². The molecule has 2 heterocycles. The highest BCUT2D eigenvalue weighted by molar-refractivity contribution is 7.15. The molecular weight excluding hydrogens is 475 g/mol. The highest BCUT2D eigenvalue weighted by Crippen LogP contribution is 2.33. The van der Waals surface area contributed by atoms with Crippen molar-refractivity contribution in [1.82, 2.24) is 14.8 Å². The lowest BCUT2D eigenvalue weighted by Crippen LogP contribution is -2.13. The van der Waals surface area contributed by atoms with Gasteiger partial charge in [-0.25, -0.2) is 0 Å². The minimum atomic E-state index is -4.67. The van der Waals surface area contributed by atoms with Gasteiger partial charge in [0.25, 0.3) is 5.91 Å². The number of carbonyl (C=O) groups is 1. The molecular formula is C22H13ClF3N5OS. The molecule has 4 rings (SSSR count).